The van der Waals surface area contributed by atoms with Crippen molar-refractivity contribution in [2.75, 3.05) is 26.1 Å². The molecule has 0 saturated carbocycles. The molecule has 0 spiro atoms. The molecule has 2 amide bonds. The minimum atomic E-state index is -0.345. The Morgan fingerprint density at radius 3 is 2.39 bits per heavy atom. The SMILES string of the molecule is COc1ccc(C(=O)Nc2ccc(C(C)(C)CNC(C)=O)c(-c3cccnc3)c2)cc1OC. The molecule has 0 unspecified atom stereocenters. The molecular formula is C26H29N3O4. The Morgan fingerprint density at radius 1 is 1.00 bits per heavy atom. The Hall–Kier alpha value is -3.87. The van der Waals surface area contributed by atoms with Crippen LogP contribution in [0.15, 0.2) is 60.9 Å². The van der Waals surface area contributed by atoms with Gasteiger partial charge >= 0.3 is 0 Å². The zero-order chi connectivity index (χ0) is 24.0. The van der Waals surface area contributed by atoms with Crippen molar-refractivity contribution in [1.82, 2.24) is 10.3 Å². The maximum atomic E-state index is 12.9. The third-order valence-corrected chi connectivity index (χ3v) is 5.40. The number of carbonyl (C=O) groups excluding carboxylic acids is 2. The molecule has 7 nitrogen and oxygen atoms in total. The summed E-state index contributed by atoms with van der Waals surface area (Å²) in [6, 6.07) is 14.6. The second-order valence-electron chi connectivity index (χ2n) is 8.32. The quantitative estimate of drug-likeness (QED) is 0.533. The third kappa shape index (κ3) is 5.68. The number of methoxy groups -OCH3 is 2. The molecule has 2 N–H and O–H groups in total. The first-order valence-electron chi connectivity index (χ1n) is 10.6. The number of aromatic nitrogens is 1. The second-order valence-corrected chi connectivity index (χ2v) is 8.32. The van der Waals surface area contributed by atoms with Crippen LogP contribution < -0.4 is 20.1 Å². The molecule has 7 heteroatoms. The van der Waals surface area contributed by atoms with Crippen LogP contribution in [-0.2, 0) is 10.2 Å². The van der Waals surface area contributed by atoms with E-state index >= 15 is 0 Å². The first-order chi connectivity index (χ1) is 15.7. The fourth-order valence-electron chi connectivity index (χ4n) is 3.59. The van der Waals surface area contributed by atoms with Crippen molar-refractivity contribution >= 4 is 17.5 Å². The van der Waals surface area contributed by atoms with E-state index < -0.39 is 0 Å². The van der Waals surface area contributed by atoms with Crippen molar-refractivity contribution in [3.05, 3.63) is 72.1 Å². The van der Waals surface area contributed by atoms with Crippen molar-refractivity contribution in [1.29, 1.82) is 0 Å². The maximum Gasteiger partial charge on any atom is 0.255 e. The Morgan fingerprint density at radius 2 is 1.76 bits per heavy atom. The molecular weight excluding hydrogens is 418 g/mol. The highest BCUT2D eigenvalue weighted by Gasteiger charge is 2.25. The number of amides is 2. The molecule has 0 aliphatic carbocycles. The number of pyridine rings is 1. The van der Waals surface area contributed by atoms with Gasteiger partial charge in [-0.25, -0.2) is 0 Å². The van der Waals surface area contributed by atoms with Crippen LogP contribution in [0.4, 0.5) is 5.69 Å². The predicted octanol–water partition coefficient (Wildman–Crippen LogP) is 4.43. The Labute approximate surface area is 194 Å². The van der Waals surface area contributed by atoms with Gasteiger partial charge in [0.25, 0.3) is 5.91 Å². The van der Waals surface area contributed by atoms with Gasteiger partial charge in [0.05, 0.1) is 14.2 Å². The number of anilines is 1. The van der Waals surface area contributed by atoms with Gasteiger partial charge in [-0.15, -0.1) is 0 Å². The number of carbonyl (C=O) groups is 2. The lowest BCUT2D eigenvalue weighted by Gasteiger charge is -2.28. The lowest BCUT2D eigenvalue weighted by atomic mass is 9.80. The molecule has 33 heavy (non-hydrogen) atoms. The fraction of sp³-hybridized carbons (Fsp3) is 0.269. The molecule has 2 aromatic carbocycles. The molecule has 0 aliphatic rings. The van der Waals surface area contributed by atoms with E-state index in [1.54, 1.807) is 37.7 Å². The van der Waals surface area contributed by atoms with Crippen LogP contribution in [0.2, 0.25) is 0 Å². The first kappa shape index (κ1) is 23.8. The van der Waals surface area contributed by atoms with E-state index in [0.717, 1.165) is 16.7 Å². The minimum absolute atomic E-state index is 0.0789. The summed E-state index contributed by atoms with van der Waals surface area (Å²) < 4.78 is 10.6. The van der Waals surface area contributed by atoms with Gasteiger partial charge < -0.3 is 20.1 Å². The molecule has 3 rings (SSSR count). The summed E-state index contributed by atoms with van der Waals surface area (Å²) in [5.74, 6) is 0.693. The molecule has 172 valence electrons. The molecule has 1 aromatic heterocycles. The van der Waals surface area contributed by atoms with E-state index in [1.165, 1.54) is 14.0 Å². The minimum Gasteiger partial charge on any atom is -0.493 e. The van der Waals surface area contributed by atoms with Gasteiger partial charge in [0.1, 0.15) is 0 Å². The maximum absolute atomic E-state index is 12.9. The smallest absolute Gasteiger partial charge is 0.255 e. The topological polar surface area (TPSA) is 89.6 Å². The summed E-state index contributed by atoms with van der Waals surface area (Å²) in [4.78, 5) is 28.7. The Balaban J connectivity index is 1.96. The molecule has 0 aliphatic heterocycles. The van der Waals surface area contributed by atoms with Crippen LogP contribution in [0.1, 0.15) is 36.7 Å². The van der Waals surface area contributed by atoms with Crippen molar-refractivity contribution in [2.45, 2.75) is 26.2 Å². The number of hydrogen-bond donors (Lipinski definition) is 2. The molecule has 0 bridgehead atoms. The summed E-state index contributed by atoms with van der Waals surface area (Å²) in [7, 11) is 3.08. The molecule has 0 radical (unpaired) electrons. The van der Waals surface area contributed by atoms with Gasteiger partial charge in [-0.1, -0.05) is 26.0 Å². The van der Waals surface area contributed by atoms with E-state index in [4.69, 9.17) is 9.47 Å². The number of ether oxygens (including phenoxy) is 2. The normalized spacial score (nSPS) is 10.9. The van der Waals surface area contributed by atoms with Crippen molar-refractivity contribution < 1.29 is 19.1 Å². The van der Waals surface area contributed by atoms with Crippen LogP contribution in [0, 0.1) is 0 Å². The van der Waals surface area contributed by atoms with Gasteiger partial charge in [0.2, 0.25) is 5.91 Å². The van der Waals surface area contributed by atoms with Gasteiger partial charge in [0, 0.05) is 48.1 Å². The predicted molar refractivity (Wildman–Crippen MR) is 129 cm³/mol. The summed E-state index contributed by atoms with van der Waals surface area (Å²) in [5, 5.41) is 5.87. The molecule has 0 saturated heterocycles. The summed E-state index contributed by atoms with van der Waals surface area (Å²) in [5.41, 5.74) is 3.64. The number of nitrogens with one attached hydrogen (secondary N) is 2. The van der Waals surface area contributed by atoms with E-state index in [1.807, 2.05) is 30.3 Å². The zero-order valence-corrected chi connectivity index (χ0v) is 19.6. The standard InChI is InChI=1S/C26H29N3O4/c1-17(30)28-16-26(2,3)22-10-9-20(14-21(22)19-7-6-12-27-15-19)29-25(31)18-8-11-23(32-4)24(13-18)33-5/h6-15H,16H2,1-5H3,(H,28,30)(H,29,31). The third-order valence-electron chi connectivity index (χ3n) is 5.40. The van der Waals surface area contributed by atoms with Gasteiger partial charge in [0.15, 0.2) is 11.5 Å². The number of hydrogen-bond acceptors (Lipinski definition) is 5. The fourth-order valence-corrected chi connectivity index (χ4v) is 3.59. The average molecular weight is 448 g/mol. The summed E-state index contributed by atoms with van der Waals surface area (Å²) in [6.07, 6.45) is 3.50. The molecule has 3 aromatic rings. The molecule has 0 atom stereocenters. The van der Waals surface area contributed by atoms with E-state index in [2.05, 4.69) is 29.5 Å². The number of rotatable bonds is 8. The number of benzene rings is 2. The summed E-state index contributed by atoms with van der Waals surface area (Å²) in [6.45, 7) is 6.12. The lowest BCUT2D eigenvalue weighted by Crippen LogP contribution is -2.35. The molecule has 0 fully saturated rings. The van der Waals surface area contributed by atoms with Gasteiger partial charge in [-0.3, -0.25) is 14.6 Å². The monoisotopic (exact) mass is 447 g/mol. The van der Waals surface area contributed by atoms with E-state index in [9.17, 15) is 9.59 Å². The van der Waals surface area contributed by atoms with Crippen LogP contribution in [0.5, 0.6) is 11.5 Å². The highest BCUT2D eigenvalue weighted by atomic mass is 16.5. The van der Waals surface area contributed by atoms with E-state index in [0.29, 0.717) is 29.3 Å². The largest absolute Gasteiger partial charge is 0.493 e. The molecule has 1 heterocycles. The Kier molecular flexibility index (Phi) is 7.33. The second kappa shape index (κ2) is 10.2. The average Bonchev–Trinajstić information content (AvgIpc) is 2.82. The summed E-state index contributed by atoms with van der Waals surface area (Å²) >= 11 is 0. The highest BCUT2D eigenvalue weighted by molar-refractivity contribution is 6.05. The van der Waals surface area contributed by atoms with Gasteiger partial charge in [-0.2, -0.15) is 0 Å². The van der Waals surface area contributed by atoms with E-state index in [-0.39, 0.29) is 17.2 Å². The van der Waals surface area contributed by atoms with Crippen LogP contribution in [-0.4, -0.2) is 37.6 Å². The van der Waals surface area contributed by atoms with Gasteiger partial charge in [-0.05, 0) is 47.5 Å². The van der Waals surface area contributed by atoms with Crippen LogP contribution >= 0.6 is 0 Å². The lowest BCUT2D eigenvalue weighted by molar-refractivity contribution is -0.119. The highest BCUT2D eigenvalue weighted by Crippen LogP contribution is 2.35. The van der Waals surface area contributed by atoms with Crippen molar-refractivity contribution in [3.8, 4) is 22.6 Å². The first-order valence-corrected chi connectivity index (χ1v) is 10.6. The number of nitrogens with zero attached hydrogens (tertiary/aromatic N) is 1. The van der Waals surface area contributed by atoms with Crippen LogP contribution in [0.25, 0.3) is 11.1 Å². The van der Waals surface area contributed by atoms with Crippen molar-refractivity contribution in [2.24, 2.45) is 0 Å². The zero-order valence-electron chi connectivity index (χ0n) is 19.6. The van der Waals surface area contributed by atoms with Crippen molar-refractivity contribution in [3.63, 3.8) is 0 Å². The van der Waals surface area contributed by atoms with Crippen LogP contribution in [0.3, 0.4) is 0 Å². The Bertz CT molecular complexity index is 1140.